The molecule has 0 aliphatic heterocycles. The van der Waals surface area contributed by atoms with Crippen molar-refractivity contribution < 1.29 is 17.9 Å². The van der Waals surface area contributed by atoms with Crippen LogP contribution in [0.2, 0.25) is 0 Å². The first-order valence-corrected chi connectivity index (χ1v) is 4.49. The normalized spacial score (nSPS) is 11.2. The fourth-order valence-corrected chi connectivity index (χ4v) is 1.41. The van der Waals surface area contributed by atoms with Crippen molar-refractivity contribution in [2.24, 2.45) is 0 Å². The van der Waals surface area contributed by atoms with Crippen LogP contribution in [0.25, 0.3) is 0 Å². The first-order chi connectivity index (χ1) is 5.93. The molecule has 0 unspecified atom stereocenters. The molecule has 69 valence electrons. The molecule has 0 heterocycles. The van der Waals surface area contributed by atoms with Gasteiger partial charge < -0.3 is 0 Å². The summed E-state index contributed by atoms with van der Waals surface area (Å²) in [5.41, 5.74) is -0.690. The second kappa shape index (κ2) is 3.11. The Morgan fingerprint density at radius 2 is 2.15 bits per heavy atom. The van der Waals surface area contributed by atoms with Crippen LogP contribution in [0.4, 0.5) is 5.69 Å². The summed E-state index contributed by atoms with van der Waals surface area (Å²) in [6.07, 6.45) is 0. The number of nitrogens with zero attached hydrogens (tertiary/aromatic N) is 1. The zero-order valence-corrected chi connectivity index (χ0v) is 6.98. The van der Waals surface area contributed by atoms with Crippen molar-refractivity contribution in [1.82, 2.24) is 0 Å². The van der Waals surface area contributed by atoms with Gasteiger partial charge in [-0.2, -0.15) is 8.42 Å². The minimum absolute atomic E-state index is 0.690. The molecule has 0 aliphatic rings. The van der Waals surface area contributed by atoms with Crippen LogP contribution in [-0.2, 0) is 10.1 Å². The molecule has 0 amide bonds. The topological polar surface area (TPSA) is 97.5 Å². The van der Waals surface area contributed by atoms with Gasteiger partial charge >= 0.3 is 10.1 Å². The number of benzene rings is 1. The minimum atomic E-state index is -4.54. The van der Waals surface area contributed by atoms with Crippen molar-refractivity contribution in [1.29, 1.82) is 0 Å². The molecule has 1 radical (unpaired) electrons. The van der Waals surface area contributed by atoms with Gasteiger partial charge in [0, 0.05) is 6.07 Å². The molecule has 1 rings (SSSR count). The molecule has 0 saturated heterocycles. The molecule has 0 spiro atoms. The van der Waals surface area contributed by atoms with Crippen LogP contribution in [-0.4, -0.2) is 17.9 Å². The van der Waals surface area contributed by atoms with E-state index in [1.165, 1.54) is 0 Å². The number of nitro groups is 1. The van der Waals surface area contributed by atoms with E-state index < -0.39 is 25.6 Å². The Hall–Kier alpha value is -1.47. The Balaban J connectivity index is 3.46. The summed E-state index contributed by atoms with van der Waals surface area (Å²) in [4.78, 5) is 8.65. The van der Waals surface area contributed by atoms with E-state index >= 15 is 0 Å². The second-order valence-electron chi connectivity index (χ2n) is 2.13. The van der Waals surface area contributed by atoms with E-state index in [1.54, 1.807) is 0 Å². The van der Waals surface area contributed by atoms with Gasteiger partial charge in [0.1, 0.15) is 0 Å². The highest BCUT2D eigenvalue weighted by Crippen LogP contribution is 2.21. The van der Waals surface area contributed by atoms with Gasteiger partial charge in [0.05, 0.1) is 4.92 Å². The van der Waals surface area contributed by atoms with Crippen molar-refractivity contribution in [2.75, 3.05) is 0 Å². The summed E-state index contributed by atoms with van der Waals surface area (Å²) in [6, 6.07) is 5.29. The average molecular weight is 202 g/mol. The third-order valence-electron chi connectivity index (χ3n) is 1.28. The summed E-state index contributed by atoms with van der Waals surface area (Å²) < 4.78 is 29.8. The standard InChI is InChI=1S/C6H4NO5S/c8-7(9)5-3-1-2-4-6(5)13(10,11)12/h2-4H,(H,10,11,12). The molecule has 0 bridgehead atoms. The first-order valence-electron chi connectivity index (χ1n) is 3.05. The van der Waals surface area contributed by atoms with Gasteiger partial charge in [-0.05, 0) is 12.1 Å². The Bertz CT molecular complexity index is 438. The lowest BCUT2D eigenvalue weighted by atomic mass is 10.3. The molecule has 0 saturated carbocycles. The van der Waals surface area contributed by atoms with E-state index in [0.29, 0.717) is 0 Å². The summed E-state index contributed by atoms with van der Waals surface area (Å²) in [6.45, 7) is 0. The monoisotopic (exact) mass is 202 g/mol. The molecule has 1 aromatic carbocycles. The molecule has 0 aliphatic carbocycles. The van der Waals surface area contributed by atoms with Gasteiger partial charge in [-0.3, -0.25) is 14.7 Å². The molecular formula is C6H4NO5S. The molecule has 0 atom stereocenters. The maximum atomic E-state index is 10.6. The predicted octanol–water partition coefficient (Wildman–Crippen LogP) is 0.642. The quantitative estimate of drug-likeness (QED) is 0.431. The molecule has 7 heteroatoms. The van der Waals surface area contributed by atoms with E-state index in [1.807, 2.05) is 0 Å². The first kappa shape index (κ1) is 9.62. The summed E-state index contributed by atoms with van der Waals surface area (Å²) >= 11 is 0. The van der Waals surface area contributed by atoms with Crippen molar-refractivity contribution in [2.45, 2.75) is 4.90 Å². The lowest BCUT2D eigenvalue weighted by Gasteiger charge is -1.96. The highest BCUT2D eigenvalue weighted by molar-refractivity contribution is 7.86. The summed E-state index contributed by atoms with van der Waals surface area (Å²) in [5.74, 6) is 0. The molecule has 13 heavy (non-hydrogen) atoms. The minimum Gasteiger partial charge on any atom is -0.282 e. The summed E-state index contributed by atoms with van der Waals surface area (Å²) in [7, 11) is -4.54. The van der Waals surface area contributed by atoms with Gasteiger partial charge in [-0.1, -0.05) is 6.07 Å². The van der Waals surface area contributed by atoms with Gasteiger partial charge in [0.2, 0.25) is 0 Å². The van der Waals surface area contributed by atoms with E-state index in [0.717, 1.165) is 18.2 Å². The molecule has 1 aromatic rings. The highest BCUT2D eigenvalue weighted by atomic mass is 32.2. The predicted molar refractivity (Wildman–Crippen MR) is 41.7 cm³/mol. The summed E-state index contributed by atoms with van der Waals surface area (Å²) in [5, 5.41) is 10.3. The fourth-order valence-electron chi connectivity index (χ4n) is 0.768. The van der Waals surface area contributed by atoms with E-state index in [-0.39, 0.29) is 0 Å². The number of hydrogen-bond donors (Lipinski definition) is 1. The zero-order valence-electron chi connectivity index (χ0n) is 6.17. The molecular weight excluding hydrogens is 198 g/mol. The van der Waals surface area contributed by atoms with Crippen LogP contribution in [0, 0.1) is 16.2 Å². The van der Waals surface area contributed by atoms with Gasteiger partial charge in [0.15, 0.2) is 4.90 Å². The van der Waals surface area contributed by atoms with Crippen molar-refractivity contribution in [3.8, 4) is 0 Å². The second-order valence-corrected chi connectivity index (χ2v) is 3.52. The van der Waals surface area contributed by atoms with Crippen molar-refractivity contribution in [3.05, 3.63) is 34.4 Å². The molecule has 6 nitrogen and oxygen atoms in total. The van der Waals surface area contributed by atoms with Crippen LogP contribution >= 0.6 is 0 Å². The van der Waals surface area contributed by atoms with Crippen LogP contribution in [0.15, 0.2) is 23.1 Å². The largest absolute Gasteiger partial charge is 0.301 e. The van der Waals surface area contributed by atoms with E-state index in [4.69, 9.17) is 4.55 Å². The third kappa shape index (κ3) is 2.01. The lowest BCUT2D eigenvalue weighted by Crippen LogP contribution is -2.02. The lowest BCUT2D eigenvalue weighted by molar-refractivity contribution is -0.387. The number of nitro benzene ring substituents is 1. The van der Waals surface area contributed by atoms with E-state index in [9.17, 15) is 18.5 Å². The fraction of sp³-hybridized carbons (Fsp3) is 0. The average Bonchev–Trinajstić information content (AvgIpc) is 2.03. The third-order valence-corrected chi connectivity index (χ3v) is 2.18. The molecule has 0 fully saturated rings. The number of hydrogen-bond acceptors (Lipinski definition) is 4. The van der Waals surface area contributed by atoms with Crippen LogP contribution < -0.4 is 0 Å². The van der Waals surface area contributed by atoms with Crippen molar-refractivity contribution in [3.63, 3.8) is 0 Å². The molecule has 0 aromatic heterocycles. The van der Waals surface area contributed by atoms with Crippen LogP contribution in [0.3, 0.4) is 0 Å². The number of rotatable bonds is 2. The Morgan fingerprint density at radius 1 is 1.54 bits per heavy atom. The van der Waals surface area contributed by atoms with Crippen LogP contribution in [0.5, 0.6) is 0 Å². The molecule has 1 N–H and O–H groups in total. The Morgan fingerprint density at radius 3 is 2.54 bits per heavy atom. The van der Waals surface area contributed by atoms with Crippen molar-refractivity contribution >= 4 is 15.8 Å². The smallest absolute Gasteiger partial charge is 0.282 e. The Labute approximate surface area is 73.7 Å². The van der Waals surface area contributed by atoms with E-state index in [2.05, 4.69) is 6.07 Å². The Kier molecular flexibility index (Phi) is 2.30. The van der Waals surface area contributed by atoms with Gasteiger partial charge in [-0.25, -0.2) is 0 Å². The van der Waals surface area contributed by atoms with Crippen LogP contribution in [0.1, 0.15) is 0 Å². The van der Waals surface area contributed by atoms with Gasteiger partial charge in [0.25, 0.3) is 5.69 Å². The highest BCUT2D eigenvalue weighted by Gasteiger charge is 2.22. The maximum absolute atomic E-state index is 10.6. The SMILES string of the molecule is O=[N+]([O-])c1c[c]ccc1S(=O)(=O)O. The maximum Gasteiger partial charge on any atom is 0.301 e. The van der Waals surface area contributed by atoms with Gasteiger partial charge in [-0.15, -0.1) is 0 Å². The zero-order chi connectivity index (χ0) is 10.1.